The van der Waals surface area contributed by atoms with E-state index in [-0.39, 0.29) is 22.7 Å². The second kappa shape index (κ2) is 4.93. The molecule has 1 aliphatic heterocycles. The summed E-state index contributed by atoms with van der Waals surface area (Å²) in [6.45, 7) is 10.4. The SMILES string of the molecule is CC1(C)C(COC(=O)C2CCCN(C(N)=O)C2)C1(C)C. The average Bonchev–Trinajstić information content (AvgIpc) is 2.77. The highest BCUT2D eigenvalue weighted by atomic mass is 16.5. The molecule has 1 aliphatic carbocycles. The molecular formula is C15H26N2O3. The first kappa shape index (κ1) is 15.1. The smallest absolute Gasteiger partial charge is 0.314 e. The Bertz CT molecular complexity index is 403. The van der Waals surface area contributed by atoms with E-state index in [2.05, 4.69) is 27.7 Å². The molecule has 0 aromatic heterocycles. The second-order valence-corrected chi connectivity index (χ2v) is 7.25. The molecule has 0 aromatic carbocycles. The first-order valence-electron chi connectivity index (χ1n) is 7.39. The van der Waals surface area contributed by atoms with Crippen molar-refractivity contribution in [2.75, 3.05) is 19.7 Å². The summed E-state index contributed by atoms with van der Waals surface area (Å²) >= 11 is 0. The molecule has 2 fully saturated rings. The van der Waals surface area contributed by atoms with Gasteiger partial charge in [0.15, 0.2) is 0 Å². The van der Waals surface area contributed by atoms with E-state index < -0.39 is 6.03 Å². The number of urea groups is 1. The molecule has 2 rings (SSSR count). The number of nitrogens with two attached hydrogens (primary N) is 1. The van der Waals surface area contributed by atoms with Gasteiger partial charge in [0.25, 0.3) is 0 Å². The van der Waals surface area contributed by atoms with Gasteiger partial charge in [-0.25, -0.2) is 4.79 Å². The summed E-state index contributed by atoms with van der Waals surface area (Å²) < 4.78 is 5.49. The normalized spacial score (nSPS) is 28.0. The number of piperidine rings is 1. The van der Waals surface area contributed by atoms with Gasteiger partial charge in [-0.2, -0.15) is 0 Å². The van der Waals surface area contributed by atoms with E-state index in [0.717, 1.165) is 12.8 Å². The average molecular weight is 282 g/mol. The van der Waals surface area contributed by atoms with Crippen molar-refractivity contribution in [3.05, 3.63) is 0 Å². The van der Waals surface area contributed by atoms with Crippen LogP contribution < -0.4 is 5.73 Å². The van der Waals surface area contributed by atoms with Crippen LogP contribution >= 0.6 is 0 Å². The summed E-state index contributed by atoms with van der Waals surface area (Å²) in [5, 5.41) is 0. The Morgan fingerprint density at radius 3 is 2.35 bits per heavy atom. The lowest BCUT2D eigenvalue weighted by atomic mass is 9.98. The van der Waals surface area contributed by atoms with Crippen LogP contribution in [0.5, 0.6) is 0 Å². The molecule has 2 aliphatic rings. The van der Waals surface area contributed by atoms with Gasteiger partial charge in [0.2, 0.25) is 0 Å². The van der Waals surface area contributed by atoms with Gasteiger partial charge in [-0.3, -0.25) is 4.79 Å². The summed E-state index contributed by atoms with van der Waals surface area (Å²) in [4.78, 5) is 24.8. The molecule has 1 atom stereocenters. The van der Waals surface area contributed by atoms with E-state index in [1.165, 1.54) is 4.90 Å². The van der Waals surface area contributed by atoms with E-state index in [9.17, 15) is 9.59 Å². The molecular weight excluding hydrogens is 256 g/mol. The van der Waals surface area contributed by atoms with Crippen molar-refractivity contribution in [2.45, 2.75) is 40.5 Å². The quantitative estimate of drug-likeness (QED) is 0.805. The Morgan fingerprint density at radius 2 is 1.85 bits per heavy atom. The molecule has 0 aromatic rings. The van der Waals surface area contributed by atoms with Crippen LogP contribution in [0.15, 0.2) is 0 Å². The van der Waals surface area contributed by atoms with Gasteiger partial charge in [0, 0.05) is 19.0 Å². The Labute approximate surface area is 120 Å². The van der Waals surface area contributed by atoms with E-state index >= 15 is 0 Å². The number of ether oxygens (including phenoxy) is 1. The highest BCUT2D eigenvalue weighted by Crippen LogP contribution is 2.68. The number of hydrogen-bond acceptors (Lipinski definition) is 3. The largest absolute Gasteiger partial charge is 0.465 e. The summed E-state index contributed by atoms with van der Waals surface area (Å²) in [6, 6.07) is -0.452. The van der Waals surface area contributed by atoms with Crippen molar-refractivity contribution in [3.8, 4) is 0 Å². The van der Waals surface area contributed by atoms with Crippen LogP contribution in [0, 0.1) is 22.7 Å². The monoisotopic (exact) mass is 282 g/mol. The number of rotatable bonds is 3. The van der Waals surface area contributed by atoms with Crippen molar-refractivity contribution in [2.24, 2.45) is 28.4 Å². The lowest BCUT2D eigenvalue weighted by Crippen LogP contribution is -2.45. The van der Waals surface area contributed by atoms with E-state index in [0.29, 0.717) is 25.6 Å². The maximum absolute atomic E-state index is 12.1. The Balaban J connectivity index is 1.83. The third-order valence-corrected chi connectivity index (χ3v) is 5.78. The van der Waals surface area contributed by atoms with Crippen molar-refractivity contribution >= 4 is 12.0 Å². The maximum Gasteiger partial charge on any atom is 0.314 e. The molecule has 1 saturated carbocycles. The van der Waals surface area contributed by atoms with Gasteiger partial charge < -0.3 is 15.4 Å². The Kier molecular flexibility index (Phi) is 3.73. The van der Waals surface area contributed by atoms with E-state index in [1.807, 2.05) is 0 Å². The van der Waals surface area contributed by atoms with Crippen LogP contribution in [0.2, 0.25) is 0 Å². The highest BCUT2D eigenvalue weighted by molar-refractivity contribution is 5.76. The number of esters is 1. The first-order chi connectivity index (χ1) is 9.18. The van der Waals surface area contributed by atoms with Crippen molar-refractivity contribution in [1.29, 1.82) is 0 Å². The Hall–Kier alpha value is -1.26. The third kappa shape index (κ3) is 2.50. The molecule has 2 N–H and O–H groups in total. The Morgan fingerprint density at radius 1 is 1.25 bits per heavy atom. The fourth-order valence-corrected chi connectivity index (χ4v) is 3.40. The van der Waals surface area contributed by atoms with Crippen molar-refractivity contribution < 1.29 is 14.3 Å². The number of amides is 2. The molecule has 20 heavy (non-hydrogen) atoms. The molecule has 0 spiro atoms. The minimum Gasteiger partial charge on any atom is -0.465 e. The molecule has 2 amide bonds. The zero-order valence-electron chi connectivity index (χ0n) is 12.9. The highest BCUT2D eigenvalue weighted by Gasteiger charge is 2.64. The fourth-order valence-electron chi connectivity index (χ4n) is 3.40. The summed E-state index contributed by atoms with van der Waals surface area (Å²) in [5.41, 5.74) is 5.71. The lowest BCUT2D eigenvalue weighted by molar-refractivity contribution is -0.150. The predicted octanol–water partition coefficient (Wildman–Crippen LogP) is 2.00. The van der Waals surface area contributed by atoms with Crippen molar-refractivity contribution in [3.63, 3.8) is 0 Å². The molecule has 1 saturated heterocycles. The fraction of sp³-hybridized carbons (Fsp3) is 0.867. The second-order valence-electron chi connectivity index (χ2n) is 7.25. The minimum atomic E-state index is -0.452. The van der Waals surface area contributed by atoms with Crippen LogP contribution in [0.3, 0.4) is 0 Å². The van der Waals surface area contributed by atoms with Crippen LogP contribution in [0.25, 0.3) is 0 Å². The predicted molar refractivity (Wildman–Crippen MR) is 75.9 cm³/mol. The number of primary amides is 1. The van der Waals surface area contributed by atoms with Gasteiger partial charge in [0.1, 0.15) is 0 Å². The summed E-state index contributed by atoms with van der Waals surface area (Å²) in [5.74, 6) is 0.00505. The van der Waals surface area contributed by atoms with E-state index in [1.54, 1.807) is 0 Å². The number of hydrogen-bond donors (Lipinski definition) is 1. The van der Waals surface area contributed by atoms with Crippen LogP contribution in [0.1, 0.15) is 40.5 Å². The molecule has 1 heterocycles. The summed E-state index contributed by atoms with van der Waals surface area (Å²) in [6.07, 6.45) is 1.59. The van der Waals surface area contributed by atoms with Crippen molar-refractivity contribution in [1.82, 2.24) is 4.90 Å². The summed E-state index contributed by atoms with van der Waals surface area (Å²) in [7, 11) is 0. The number of nitrogens with zero attached hydrogens (tertiary/aromatic N) is 1. The zero-order valence-corrected chi connectivity index (χ0v) is 12.9. The zero-order chi connectivity index (χ0) is 15.1. The molecule has 0 bridgehead atoms. The van der Waals surface area contributed by atoms with Gasteiger partial charge >= 0.3 is 12.0 Å². The van der Waals surface area contributed by atoms with E-state index in [4.69, 9.17) is 10.5 Å². The van der Waals surface area contributed by atoms with Crippen LogP contribution in [0.4, 0.5) is 4.79 Å². The molecule has 5 heteroatoms. The standard InChI is InChI=1S/C15H26N2O3/c1-14(2)11(15(14,3)4)9-20-12(18)10-6-5-7-17(8-10)13(16)19/h10-11H,5-9H2,1-4H3,(H2,16,19). The maximum atomic E-state index is 12.1. The molecule has 0 radical (unpaired) electrons. The number of likely N-dealkylation sites (tertiary alicyclic amines) is 1. The van der Waals surface area contributed by atoms with Gasteiger partial charge in [-0.1, -0.05) is 27.7 Å². The third-order valence-electron chi connectivity index (χ3n) is 5.78. The van der Waals surface area contributed by atoms with Crippen LogP contribution in [-0.2, 0) is 9.53 Å². The molecule has 114 valence electrons. The molecule has 5 nitrogen and oxygen atoms in total. The topological polar surface area (TPSA) is 72.6 Å². The van der Waals surface area contributed by atoms with Gasteiger partial charge in [0.05, 0.1) is 12.5 Å². The van der Waals surface area contributed by atoms with Gasteiger partial charge in [-0.15, -0.1) is 0 Å². The minimum absolute atomic E-state index is 0.186. The molecule has 1 unspecified atom stereocenters. The first-order valence-corrected chi connectivity index (χ1v) is 7.39. The van der Waals surface area contributed by atoms with Gasteiger partial charge in [-0.05, 0) is 23.7 Å². The number of carbonyl (C=O) groups is 2. The number of carbonyl (C=O) groups excluding carboxylic acids is 2. The van der Waals surface area contributed by atoms with Crippen LogP contribution in [-0.4, -0.2) is 36.6 Å². The lowest BCUT2D eigenvalue weighted by Gasteiger charge is -2.30.